The Balaban J connectivity index is 1.40. The number of amides is 2. The minimum Gasteiger partial charge on any atom is -0.340 e. The van der Waals surface area contributed by atoms with Crippen LogP contribution in [0.4, 0.5) is 5.69 Å². The molecule has 2 aromatic carbocycles. The molecule has 0 unspecified atom stereocenters. The van der Waals surface area contributed by atoms with Gasteiger partial charge in [-0.3, -0.25) is 14.5 Å². The molecule has 6 heteroatoms. The Hall–Kier alpha value is -2.37. The number of benzene rings is 2. The van der Waals surface area contributed by atoms with Gasteiger partial charge in [-0.1, -0.05) is 41.4 Å². The van der Waals surface area contributed by atoms with E-state index in [1.807, 2.05) is 61.2 Å². The Bertz CT molecular complexity index is 859. The fourth-order valence-electron chi connectivity index (χ4n) is 3.40. The molecule has 0 radical (unpaired) electrons. The molecule has 0 aromatic heterocycles. The van der Waals surface area contributed by atoms with Gasteiger partial charge < -0.3 is 10.2 Å². The van der Waals surface area contributed by atoms with Gasteiger partial charge >= 0.3 is 0 Å². The topological polar surface area (TPSA) is 52.7 Å². The largest absolute Gasteiger partial charge is 0.340 e. The molecule has 0 bridgehead atoms. The molecule has 0 spiro atoms. The molecule has 154 valence electrons. The summed E-state index contributed by atoms with van der Waals surface area (Å²) in [7, 11) is 0. The molecule has 2 amide bonds. The molecule has 1 heterocycles. The maximum atomic E-state index is 12.5. The molecule has 0 aliphatic carbocycles. The molecule has 1 aliphatic heterocycles. The highest BCUT2D eigenvalue weighted by molar-refractivity contribution is 6.31. The van der Waals surface area contributed by atoms with Crippen LogP contribution >= 0.6 is 11.6 Å². The van der Waals surface area contributed by atoms with Crippen LogP contribution in [0.15, 0.2) is 42.5 Å². The Morgan fingerprint density at radius 3 is 2.34 bits per heavy atom. The van der Waals surface area contributed by atoms with E-state index in [0.29, 0.717) is 45.6 Å². The van der Waals surface area contributed by atoms with Crippen LogP contribution in [0.3, 0.4) is 0 Å². The van der Waals surface area contributed by atoms with Crippen LogP contribution in [0.1, 0.15) is 23.1 Å². The Morgan fingerprint density at radius 1 is 1.00 bits per heavy atom. The van der Waals surface area contributed by atoms with Crippen molar-refractivity contribution in [3.63, 3.8) is 0 Å². The molecule has 1 N–H and O–H groups in total. The Morgan fingerprint density at radius 2 is 1.69 bits per heavy atom. The molecule has 5 nitrogen and oxygen atoms in total. The van der Waals surface area contributed by atoms with Crippen LogP contribution in [0.25, 0.3) is 0 Å². The lowest BCUT2D eigenvalue weighted by molar-refractivity contribution is -0.133. The molecule has 1 fully saturated rings. The van der Waals surface area contributed by atoms with Gasteiger partial charge in [0.25, 0.3) is 0 Å². The number of carbonyl (C=O) groups excluding carboxylic acids is 2. The summed E-state index contributed by atoms with van der Waals surface area (Å²) >= 11 is 6.16. The fourth-order valence-corrected chi connectivity index (χ4v) is 3.60. The first-order valence-electron chi connectivity index (χ1n) is 10.0. The van der Waals surface area contributed by atoms with Gasteiger partial charge in [-0.25, -0.2) is 0 Å². The van der Waals surface area contributed by atoms with Crippen LogP contribution in [-0.2, 0) is 16.0 Å². The van der Waals surface area contributed by atoms with Gasteiger partial charge in [-0.15, -0.1) is 0 Å². The van der Waals surface area contributed by atoms with Crippen LogP contribution in [-0.4, -0.2) is 54.3 Å². The molecule has 2 aromatic rings. The standard InChI is InChI=1S/C23H28ClN3O2/c1-17-3-8-20(9-4-17)25-22(28)16-26-11-13-27(14-12-26)23(29)10-7-19-6-5-18(2)21(24)15-19/h3-6,8-9,15H,7,10-14,16H2,1-2H3,(H,25,28). The van der Waals surface area contributed by atoms with E-state index in [0.717, 1.165) is 27.4 Å². The maximum absolute atomic E-state index is 12.5. The molecular weight excluding hydrogens is 386 g/mol. The first kappa shape index (κ1) is 21.3. The highest BCUT2D eigenvalue weighted by atomic mass is 35.5. The normalized spacial score (nSPS) is 14.7. The summed E-state index contributed by atoms with van der Waals surface area (Å²) in [5.41, 5.74) is 4.10. The summed E-state index contributed by atoms with van der Waals surface area (Å²) in [5, 5.41) is 3.67. The first-order chi connectivity index (χ1) is 13.9. The first-order valence-corrected chi connectivity index (χ1v) is 10.4. The van der Waals surface area contributed by atoms with E-state index < -0.39 is 0 Å². The van der Waals surface area contributed by atoms with Crippen molar-refractivity contribution >= 4 is 29.1 Å². The van der Waals surface area contributed by atoms with Crippen molar-refractivity contribution in [1.29, 1.82) is 0 Å². The Kier molecular flexibility index (Phi) is 7.29. The molecule has 1 saturated heterocycles. The molecule has 29 heavy (non-hydrogen) atoms. The molecule has 1 aliphatic rings. The van der Waals surface area contributed by atoms with E-state index in [1.54, 1.807) is 0 Å². The number of aryl methyl sites for hydroxylation is 3. The van der Waals surface area contributed by atoms with Crippen molar-refractivity contribution in [1.82, 2.24) is 9.80 Å². The number of carbonyl (C=O) groups is 2. The number of piperazine rings is 1. The lowest BCUT2D eigenvalue weighted by atomic mass is 10.1. The van der Waals surface area contributed by atoms with Gasteiger partial charge in [0.1, 0.15) is 0 Å². The van der Waals surface area contributed by atoms with Crippen LogP contribution in [0.2, 0.25) is 5.02 Å². The second-order valence-electron chi connectivity index (χ2n) is 7.65. The Labute approximate surface area is 177 Å². The summed E-state index contributed by atoms with van der Waals surface area (Å²) < 4.78 is 0. The summed E-state index contributed by atoms with van der Waals surface area (Å²) in [6, 6.07) is 13.7. The number of nitrogens with one attached hydrogen (secondary N) is 1. The number of halogens is 1. The van der Waals surface area contributed by atoms with Gasteiger partial charge in [-0.2, -0.15) is 0 Å². The maximum Gasteiger partial charge on any atom is 0.238 e. The summed E-state index contributed by atoms with van der Waals surface area (Å²) in [5.74, 6) is 0.135. The number of hydrogen-bond acceptors (Lipinski definition) is 3. The number of anilines is 1. The smallest absolute Gasteiger partial charge is 0.238 e. The van der Waals surface area contributed by atoms with Crippen molar-refractivity contribution in [2.75, 3.05) is 38.0 Å². The third-order valence-electron chi connectivity index (χ3n) is 5.29. The van der Waals surface area contributed by atoms with E-state index in [1.165, 1.54) is 0 Å². The van der Waals surface area contributed by atoms with E-state index in [-0.39, 0.29) is 11.8 Å². The van der Waals surface area contributed by atoms with E-state index >= 15 is 0 Å². The number of nitrogens with zero attached hydrogens (tertiary/aromatic N) is 2. The quantitative estimate of drug-likeness (QED) is 0.786. The third-order valence-corrected chi connectivity index (χ3v) is 5.70. The van der Waals surface area contributed by atoms with Gasteiger partial charge in [0, 0.05) is 43.3 Å². The zero-order valence-electron chi connectivity index (χ0n) is 17.1. The SMILES string of the molecule is Cc1ccc(NC(=O)CN2CCN(C(=O)CCc3ccc(C)c(Cl)c3)CC2)cc1. The number of hydrogen-bond donors (Lipinski definition) is 1. The highest BCUT2D eigenvalue weighted by Crippen LogP contribution is 2.18. The van der Waals surface area contributed by atoms with Crippen molar-refractivity contribution in [3.05, 3.63) is 64.2 Å². The van der Waals surface area contributed by atoms with E-state index in [2.05, 4.69) is 10.2 Å². The van der Waals surface area contributed by atoms with Crippen LogP contribution in [0, 0.1) is 13.8 Å². The third kappa shape index (κ3) is 6.31. The van der Waals surface area contributed by atoms with Crippen molar-refractivity contribution < 1.29 is 9.59 Å². The van der Waals surface area contributed by atoms with Gasteiger partial charge in [-0.05, 0) is 49.6 Å². The van der Waals surface area contributed by atoms with E-state index in [4.69, 9.17) is 11.6 Å². The van der Waals surface area contributed by atoms with Gasteiger partial charge in [0.2, 0.25) is 11.8 Å². The van der Waals surface area contributed by atoms with Gasteiger partial charge in [0.05, 0.1) is 6.54 Å². The zero-order valence-corrected chi connectivity index (χ0v) is 17.8. The molecule has 0 atom stereocenters. The van der Waals surface area contributed by atoms with Crippen LogP contribution < -0.4 is 5.32 Å². The fraction of sp³-hybridized carbons (Fsp3) is 0.391. The predicted molar refractivity (Wildman–Crippen MR) is 117 cm³/mol. The number of rotatable bonds is 6. The summed E-state index contributed by atoms with van der Waals surface area (Å²) in [6.45, 7) is 7.07. The van der Waals surface area contributed by atoms with E-state index in [9.17, 15) is 9.59 Å². The monoisotopic (exact) mass is 413 g/mol. The van der Waals surface area contributed by atoms with Crippen molar-refractivity contribution in [2.45, 2.75) is 26.7 Å². The zero-order chi connectivity index (χ0) is 20.8. The minimum absolute atomic E-state index is 0.0233. The second-order valence-corrected chi connectivity index (χ2v) is 8.06. The summed E-state index contributed by atoms with van der Waals surface area (Å²) in [6.07, 6.45) is 1.17. The lowest BCUT2D eigenvalue weighted by Crippen LogP contribution is -2.50. The minimum atomic E-state index is -0.0233. The predicted octanol–water partition coefficient (Wildman–Crippen LogP) is 3.67. The van der Waals surface area contributed by atoms with Crippen molar-refractivity contribution in [2.24, 2.45) is 0 Å². The second kappa shape index (κ2) is 9.90. The van der Waals surface area contributed by atoms with Crippen LogP contribution in [0.5, 0.6) is 0 Å². The summed E-state index contributed by atoms with van der Waals surface area (Å²) in [4.78, 5) is 28.7. The van der Waals surface area contributed by atoms with Crippen molar-refractivity contribution in [3.8, 4) is 0 Å². The highest BCUT2D eigenvalue weighted by Gasteiger charge is 2.22. The lowest BCUT2D eigenvalue weighted by Gasteiger charge is -2.34. The molecule has 3 rings (SSSR count). The molecular formula is C23H28ClN3O2. The average Bonchev–Trinajstić information content (AvgIpc) is 2.71. The van der Waals surface area contributed by atoms with Gasteiger partial charge in [0.15, 0.2) is 0 Å². The average molecular weight is 414 g/mol. The molecule has 0 saturated carbocycles.